The van der Waals surface area contributed by atoms with E-state index >= 15 is 0 Å². The van der Waals surface area contributed by atoms with Crippen LogP contribution in [0.15, 0.2) is 11.1 Å². The molecule has 0 amide bonds. The van der Waals surface area contributed by atoms with Crippen molar-refractivity contribution in [3.05, 3.63) is 31.7 Å². The van der Waals surface area contributed by atoms with Crippen LogP contribution in [0.4, 0.5) is 5.69 Å². The van der Waals surface area contributed by atoms with Crippen LogP contribution in [-0.4, -0.2) is 14.9 Å². The number of nitrogens with one attached hydrogen (secondary N) is 1. The molecule has 2 aromatic rings. The van der Waals surface area contributed by atoms with Gasteiger partial charge in [0.05, 0.1) is 16.1 Å². The highest BCUT2D eigenvalue weighted by atomic mass is 32.1. The Kier molecular flexibility index (Phi) is 1.81. The summed E-state index contributed by atoms with van der Waals surface area (Å²) < 4.78 is 0. The molecule has 2 rings (SSSR count). The number of aryl methyl sites for hydroxylation is 1. The summed E-state index contributed by atoms with van der Waals surface area (Å²) in [5.74, 6) is 0. The van der Waals surface area contributed by atoms with E-state index in [4.69, 9.17) is 0 Å². The van der Waals surface area contributed by atoms with Crippen LogP contribution in [0.1, 0.15) is 4.88 Å². The van der Waals surface area contributed by atoms with Crippen molar-refractivity contribution in [3.8, 4) is 0 Å². The lowest BCUT2D eigenvalue weighted by Gasteiger charge is -1.88. The smallest absolute Gasteiger partial charge is 0.297 e. The lowest BCUT2D eigenvalue weighted by atomic mass is 10.3. The maximum atomic E-state index is 11.3. The van der Waals surface area contributed by atoms with Gasteiger partial charge in [-0.1, -0.05) is 0 Å². The van der Waals surface area contributed by atoms with Crippen LogP contribution in [-0.2, 0) is 0 Å². The molecule has 0 saturated carbocycles. The number of nitrogens with zero attached hydrogens (tertiary/aromatic N) is 2. The molecule has 6 nitrogen and oxygen atoms in total. The molecule has 0 aliphatic rings. The Labute approximate surface area is 81.4 Å². The Morgan fingerprint density at radius 1 is 1.64 bits per heavy atom. The van der Waals surface area contributed by atoms with Gasteiger partial charge < -0.3 is 4.98 Å². The van der Waals surface area contributed by atoms with Gasteiger partial charge in [-0.25, -0.2) is 4.98 Å². The molecular formula is C7H5N3O3S. The predicted octanol–water partition coefficient (Wildman–Crippen LogP) is 1.20. The molecule has 0 spiro atoms. The summed E-state index contributed by atoms with van der Waals surface area (Å²) in [7, 11) is 0. The molecular weight excluding hydrogens is 206 g/mol. The molecule has 0 aliphatic carbocycles. The number of H-pyrrole nitrogens is 1. The topological polar surface area (TPSA) is 88.9 Å². The average Bonchev–Trinajstić information content (AvgIpc) is 2.42. The predicted molar refractivity (Wildman–Crippen MR) is 51.6 cm³/mol. The average molecular weight is 211 g/mol. The SMILES string of the molecule is Cc1sc2nc[nH]c(=O)c2c1[N+](=O)[O-]. The zero-order valence-corrected chi connectivity index (χ0v) is 7.92. The van der Waals surface area contributed by atoms with E-state index in [9.17, 15) is 14.9 Å². The van der Waals surface area contributed by atoms with E-state index in [1.165, 1.54) is 6.33 Å². The van der Waals surface area contributed by atoms with Crippen molar-refractivity contribution >= 4 is 27.2 Å². The van der Waals surface area contributed by atoms with Crippen molar-refractivity contribution < 1.29 is 4.92 Å². The van der Waals surface area contributed by atoms with Gasteiger partial charge in [-0.15, -0.1) is 11.3 Å². The van der Waals surface area contributed by atoms with Crippen LogP contribution in [0.5, 0.6) is 0 Å². The van der Waals surface area contributed by atoms with Gasteiger partial charge in [0.15, 0.2) is 5.39 Å². The second kappa shape index (κ2) is 2.88. The number of aromatic amines is 1. The Morgan fingerprint density at radius 2 is 2.36 bits per heavy atom. The summed E-state index contributed by atoms with van der Waals surface area (Å²) in [5, 5.41) is 10.8. The van der Waals surface area contributed by atoms with Crippen molar-refractivity contribution in [2.75, 3.05) is 0 Å². The van der Waals surface area contributed by atoms with Gasteiger partial charge in [0.25, 0.3) is 11.2 Å². The normalized spacial score (nSPS) is 10.6. The molecule has 2 heterocycles. The van der Waals surface area contributed by atoms with E-state index in [1.807, 2.05) is 0 Å². The van der Waals surface area contributed by atoms with Crippen molar-refractivity contribution in [3.63, 3.8) is 0 Å². The summed E-state index contributed by atoms with van der Waals surface area (Å²) >= 11 is 1.15. The van der Waals surface area contributed by atoms with Crippen molar-refractivity contribution in [1.29, 1.82) is 0 Å². The van der Waals surface area contributed by atoms with Crippen molar-refractivity contribution in [2.24, 2.45) is 0 Å². The third-order valence-corrected chi connectivity index (χ3v) is 2.82. The third kappa shape index (κ3) is 1.10. The molecule has 0 aliphatic heterocycles. The lowest BCUT2D eigenvalue weighted by Crippen LogP contribution is -2.06. The molecule has 0 atom stereocenters. The number of rotatable bonds is 1. The Balaban J connectivity index is 3.01. The minimum absolute atomic E-state index is 0.0694. The standard InChI is InChI=1S/C7H5N3O3S/c1-3-5(10(12)13)4-6(11)8-2-9-7(4)14-3/h2H,1H3,(H,8,9,11). The van der Waals surface area contributed by atoms with E-state index in [-0.39, 0.29) is 11.1 Å². The number of thiophene rings is 1. The van der Waals surface area contributed by atoms with E-state index in [1.54, 1.807) is 6.92 Å². The number of nitro groups is 1. The molecule has 0 fully saturated rings. The molecule has 0 bridgehead atoms. The fourth-order valence-electron chi connectivity index (χ4n) is 1.26. The van der Waals surface area contributed by atoms with E-state index in [2.05, 4.69) is 9.97 Å². The van der Waals surface area contributed by atoms with Crippen molar-refractivity contribution in [2.45, 2.75) is 6.92 Å². The quantitative estimate of drug-likeness (QED) is 0.567. The van der Waals surface area contributed by atoms with E-state index < -0.39 is 10.5 Å². The largest absolute Gasteiger partial charge is 0.312 e. The maximum Gasteiger partial charge on any atom is 0.297 e. The van der Waals surface area contributed by atoms with Gasteiger partial charge in [0, 0.05) is 0 Å². The molecule has 2 aromatic heterocycles. The van der Waals surface area contributed by atoms with Gasteiger partial charge in [0.2, 0.25) is 0 Å². The molecule has 72 valence electrons. The number of fused-ring (bicyclic) bond motifs is 1. The van der Waals surface area contributed by atoms with Gasteiger partial charge in [-0.05, 0) is 6.92 Å². The zero-order valence-electron chi connectivity index (χ0n) is 7.10. The second-order valence-corrected chi connectivity index (χ2v) is 3.88. The van der Waals surface area contributed by atoms with Gasteiger partial charge in [-0.2, -0.15) is 0 Å². The lowest BCUT2D eigenvalue weighted by molar-refractivity contribution is -0.383. The third-order valence-electron chi connectivity index (χ3n) is 1.82. The van der Waals surface area contributed by atoms with Crippen LogP contribution in [0.2, 0.25) is 0 Å². The summed E-state index contributed by atoms with van der Waals surface area (Å²) in [4.78, 5) is 28.5. The van der Waals surface area contributed by atoms with Gasteiger partial charge >= 0.3 is 0 Å². The fourth-order valence-corrected chi connectivity index (χ4v) is 2.22. The summed E-state index contributed by atoms with van der Waals surface area (Å²) in [6, 6.07) is 0. The van der Waals surface area contributed by atoms with Crippen LogP contribution in [0, 0.1) is 17.0 Å². The highest BCUT2D eigenvalue weighted by Gasteiger charge is 2.22. The van der Waals surface area contributed by atoms with Crippen LogP contribution in [0.25, 0.3) is 10.2 Å². The summed E-state index contributed by atoms with van der Waals surface area (Å²) in [6.07, 6.45) is 1.24. The number of hydrogen-bond donors (Lipinski definition) is 1. The molecule has 1 N–H and O–H groups in total. The maximum absolute atomic E-state index is 11.3. The molecule has 7 heteroatoms. The zero-order chi connectivity index (χ0) is 10.3. The van der Waals surface area contributed by atoms with Crippen molar-refractivity contribution in [1.82, 2.24) is 9.97 Å². The Bertz CT molecular complexity index is 571. The first-order valence-corrected chi connectivity index (χ1v) is 4.54. The van der Waals surface area contributed by atoms with Crippen LogP contribution < -0.4 is 5.56 Å². The second-order valence-electron chi connectivity index (χ2n) is 2.68. The minimum atomic E-state index is -0.551. The van der Waals surface area contributed by atoms with Crippen LogP contribution in [0.3, 0.4) is 0 Å². The van der Waals surface area contributed by atoms with E-state index in [0.29, 0.717) is 9.71 Å². The van der Waals surface area contributed by atoms with Crippen LogP contribution >= 0.6 is 11.3 Å². The monoisotopic (exact) mass is 211 g/mol. The van der Waals surface area contributed by atoms with Gasteiger partial charge in [0.1, 0.15) is 4.83 Å². The first kappa shape index (κ1) is 8.82. The summed E-state index contributed by atoms with van der Waals surface area (Å²) in [6.45, 7) is 1.60. The first-order chi connectivity index (χ1) is 6.61. The highest BCUT2D eigenvalue weighted by Crippen LogP contribution is 2.32. The Morgan fingerprint density at radius 3 is 3.00 bits per heavy atom. The summed E-state index contributed by atoms with van der Waals surface area (Å²) in [5.41, 5.74) is -0.606. The highest BCUT2D eigenvalue weighted by molar-refractivity contribution is 7.19. The first-order valence-electron chi connectivity index (χ1n) is 3.72. The molecule has 0 aromatic carbocycles. The fraction of sp³-hybridized carbons (Fsp3) is 0.143. The van der Waals surface area contributed by atoms with E-state index in [0.717, 1.165) is 11.3 Å². The number of hydrogen-bond acceptors (Lipinski definition) is 5. The molecule has 14 heavy (non-hydrogen) atoms. The molecule has 0 saturated heterocycles. The minimum Gasteiger partial charge on any atom is -0.312 e. The molecule has 0 radical (unpaired) electrons. The Hall–Kier alpha value is -1.76. The number of aromatic nitrogens is 2. The molecule has 0 unspecified atom stereocenters. The van der Waals surface area contributed by atoms with Gasteiger partial charge in [-0.3, -0.25) is 14.9 Å².